The predicted molar refractivity (Wildman–Crippen MR) is 69.1 cm³/mol. The third kappa shape index (κ3) is 2.75. The van der Waals surface area contributed by atoms with Crippen molar-refractivity contribution in [2.24, 2.45) is 0 Å². The van der Waals surface area contributed by atoms with Crippen LogP contribution in [0.1, 0.15) is 48.2 Å². The molecular weight excluding hydrogens is 232 g/mol. The van der Waals surface area contributed by atoms with E-state index in [0.717, 1.165) is 12.8 Å². The quantitative estimate of drug-likeness (QED) is 0.791. The largest absolute Gasteiger partial charge is 0.507 e. The van der Waals surface area contributed by atoms with Crippen molar-refractivity contribution in [2.75, 3.05) is 7.11 Å². The van der Waals surface area contributed by atoms with E-state index in [1.165, 1.54) is 13.2 Å². The minimum atomic E-state index is -0.581. The number of phenols is 2. The maximum atomic E-state index is 11.6. The standard InChI is InChI=1S/C14H20O4/c1-4-6-9-8-11(14(17)18-3)13(16)10(7-5-2)12(9)15/h8,15-16H,4-7H2,1-3H3. The van der Waals surface area contributed by atoms with Crippen LogP contribution in [-0.2, 0) is 17.6 Å². The van der Waals surface area contributed by atoms with Gasteiger partial charge in [-0.25, -0.2) is 4.79 Å². The zero-order valence-electron chi connectivity index (χ0n) is 11.1. The summed E-state index contributed by atoms with van der Waals surface area (Å²) in [6.07, 6.45) is 2.81. The monoisotopic (exact) mass is 252 g/mol. The first-order chi connectivity index (χ1) is 8.56. The molecule has 0 bridgehead atoms. The van der Waals surface area contributed by atoms with E-state index in [-0.39, 0.29) is 17.1 Å². The molecule has 1 aromatic carbocycles. The van der Waals surface area contributed by atoms with Gasteiger partial charge in [-0.05, 0) is 24.5 Å². The van der Waals surface area contributed by atoms with Crippen molar-refractivity contribution >= 4 is 5.97 Å². The molecule has 1 aromatic rings. The zero-order chi connectivity index (χ0) is 13.7. The third-order valence-corrected chi connectivity index (χ3v) is 2.87. The first kappa shape index (κ1) is 14.4. The van der Waals surface area contributed by atoms with Crippen molar-refractivity contribution < 1.29 is 19.7 Å². The minimum absolute atomic E-state index is 0.101. The molecule has 2 N–H and O–H groups in total. The number of esters is 1. The maximum absolute atomic E-state index is 11.6. The van der Waals surface area contributed by atoms with Crippen LogP contribution in [0.4, 0.5) is 0 Å². The predicted octanol–water partition coefficient (Wildman–Crippen LogP) is 2.79. The summed E-state index contributed by atoms with van der Waals surface area (Å²) in [5.41, 5.74) is 1.24. The van der Waals surface area contributed by atoms with E-state index in [1.54, 1.807) is 0 Å². The van der Waals surface area contributed by atoms with Crippen LogP contribution < -0.4 is 0 Å². The summed E-state index contributed by atoms with van der Waals surface area (Å²) in [7, 11) is 1.27. The van der Waals surface area contributed by atoms with Crippen LogP contribution in [0.3, 0.4) is 0 Å². The van der Waals surface area contributed by atoms with Gasteiger partial charge in [-0.15, -0.1) is 0 Å². The summed E-state index contributed by atoms with van der Waals surface area (Å²) < 4.78 is 4.64. The Morgan fingerprint density at radius 2 is 1.78 bits per heavy atom. The Morgan fingerprint density at radius 1 is 1.17 bits per heavy atom. The fraction of sp³-hybridized carbons (Fsp3) is 0.500. The molecule has 0 aliphatic heterocycles. The van der Waals surface area contributed by atoms with Crippen LogP contribution in [0.15, 0.2) is 6.07 Å². The van der Waals surface area contributed by atoms with Crippen molar-refractivity contribution in [1.82, 2.24) is 0 Å². The van der Waals surface area contributed by atoms with E-state index in [1.807, 2.05) is 13.8 Å². The number of ether oxygens (including phenoxy) is 1. The third-order valence-electron chi connectivity index (χ3n) is 2.87. The van der Waals surface area contributed by atoms with E-state index < -0.39 is 5.97 Å². The summed E-state index contributed by atoms with van der Waals surface area (Å²) in [6, 6.07) is 1.51. The maximum Gasteiger partial charge on any atom is 0.341 e. The van der Waals surface area contributed by atoms with Gasteiger partial charge in [0, 0.05) is 5.56 Å². The van der Waals surface area contributed by atoms with Gasteiger partial charge in [-0.1, -0.05) is 26.7 Å². The number of methoxy groups -OCH3 is 1. The Bertz CT molecular complexity index is 438. The van der Waals surface area contributed by atoms with E-state index in [0.29, 0.717) is 24.0 Å². The number of hydrogen-bond donors (Lipinski definition) is 2. The molecule has 0 heterocycles. The first-order valence-corrected chi connectivity index (χ1v) is 6.21. The van der Waals surface area contributed by atoms with E-state index in [4.69, 9.17) is 0 Å². The second-order valence-corrected chi connectivity index (χ2v) is 4.25. The topological polar surface area (TPSA) is 66.8 Å². The Morgan fingerprint density at radius 3 is 2.28 bits per heavy atom. The van der Waals surface area contributed by atoms with Crippen LogP contribution in [0.25, 0.3) is 0 Å². The number of aromatic hydroxyl groups is 2. The number of benzene rings is 1. The van der Waals surface area contributed by atoms with Crippen molar-refractivity contribution in [2.45, 2.75) is 39.5 Å². The summed E-state index contributed by atoms with van der Waals surface area (Å²) >= 11 is 0. The summed E-state index contributed by atoms with van der Waals surface area (Å²) in [6.45, 7) is 3.94. The van der Waals surface area contributed by atoms with Crippen molar-refractivity contribution in [3.05, 3.63) is 22.8 Å². The van der Waals surface area contributed by atoms with Crippen molar-refractivity contribution in [1.29, 1.82) is 0 Å². The highest BCUT2D eigenvalue weighted by molar-refractivity contribution is 5.93. The minimum Gasteiger partial charge on any atom is -0.507 e. The Hall–Kier alpha value is -1.71. The second-order valence-electron chi connectivity index (χ2n) is 4.25. The molecule has 4 heteroatoms. The molecule has 0 saturated heterocycles. The molecular formula is C14H20O4. The van der Waals surface area contributed by atoms with Gasteiger partial charge in [0.1, 0.15) is 17.1 Å². The number of carbonyl (C=O) groups excluding carboxylic acids is 1. The van der Waals surface area contributed by atoms with Crippen molar-refractivity contribution in [3.63, 3.8) is 0 Å². The molecule has 0 unspecified atom stereocenters. The Balaban J connectivity index is 3.39. The van der Waals surface area contributed by atoms with Gasteiger partial charge in [0.2, 0.25) is 0 Å². The lowest BCUT2D eigenvalue weighted by Gasteiger charge is -2.14. The molecule has 0 atom stereocenters. The smallest absolute Gasteiger partial charge is 0.341 e. The first-order valence-electron chi connectivity index (χ1n) is 6.21. The number of aryl methyl sites for hydroxylation is 1. The molecule has 0 spiro atoms. The van der Waals surface area contributed by atoms with Crippen LogP contribution in [0, 0.1) is 0 Å². The van der Waals surface area contributed by atoms with Crippen molar-refractivity contribution in [3.8, 4) is 11.5 Å². The molecule has 0 radical (unpaired) electrons. The molecule has 0 aliphatic rings. The molecule has 0 fully saturated rings. The zero-order valence-corrected chi connectivity index (χ0v) is 11.1. The Labute approximate surface area is 107 Å². The van der Waals surface area contributed by atoms with Gasteiger partial charge in [-0.2, -0.15) is 0 Å². The van der Waals surface area contributed by atoms with Gasteiger partial charge in [0.15, 0.2) is 0 Å². The lowest BCUT2D eigenvalue weighted by Crippen LogP contribution is -2.05. The lowest BCUT2D eigenvalue weighted by atomic mass is 9.97. The second kappa shape index (κ2) is 6.28. The SMILES string of the molecule is CCCc1cc(C(=O)OC)c(O)c(CCC)c1O. The number of phenolic OH excluding ortho intramolecular Hbond substituents is 2. The highest BCUT2D eigenvalue weighted by Gasteiger charge is 2.20. The average molecular weight is 252 g/mol. The highest BCUT2D eigenvalue weighted by Crippen LogP contribution is 2.36. The number of rotatable bonds is 5. The number of carbonyl (C=O) groups is 1. The molecule has 0 aliphatic carbocycles. The molecule has 1 rings (SSSR count). The fourth-order valence-electron chi connectivity index (χ4n) is 1.99. The van der Waals surface area contributed by atoms with Gasteiger partial charge < -0.3 is 14.9 Å². The summed E-state index contributed by atoms with van der Waals surface area (Å²) in [5, 5.41) is 20.1. The van der Waals surface area contributed by atoms with Crippen LogP contribution >= 0.6 is 0 Å². The van der Waals surface area contributed by atoms with E-state index in [2.05, 4.69) is 4.74 Å². The van der Waals surface area contributed by atoms with Gasteiger partial charge in [0.25, 0.3) is 0 Å². The molecule has 0 saturated carbocycles. The molecule has 0 amide bonds. The average Bonchev–Trinajstić information content (AvgIpc) is 2.37. The number of hydrogen-bond acceptors (Lipinski definition) is 4. The van der Waals surface area contributed by atoms with Crippen LogP contribution in [0.5, 0.6) is 11.5 Å². The summed E-state index contributed by atoms with van der Waals surface area (Å²) in [5.74, 6) is -0.646. The fourth-order valence-corrected chi connectivity index (χ4v) is 1.99. The Kier molecular flexibility index (Phi) is 5.01. The summed E-state index contributed by atoms with van der Waals surface area (Å²) in [4.78, 5) is 11.6. The normalized spacial score (nSPS) is 10.4. The molecule has 4 nitrogen and oxygen atoms in total. The van der Waals surface area contributed by atoms with Gasteiger partial charge >= 0.3 is 5.97 Å². The van der Waals surface area contributed by atoms with Crippen LogP contribution in [-0.4, -0.2) is 23.3 Å². The molecule has 0 aromatic heterocycles. The highest BCUT2D eigenvalue weighted by atomic mass is 16.5. The van der Waals surface area contributed by atoms with E-state index >= 15 is 0 Å². The van der Waals surface area contributed by atoms with Gasteiger partial charge in [-0.3, -0.25) is 0 Å². The molecule has 100 valence electrons. The van der Waals surface area contributed by atoms with Gasteiger partial charge in [0.05, 0.1) is 7.11 Å². The molecule has 18 heavy (non-hydrogen) atoms. The van der Waals surface area contributed by atoms with Crippen LogP contribution in [0.2, 0.25) is 0 Å². The lowest BCUT2D eigenvalue weighted by molar-refractivity contribution is 0.0597. The van der Waals surface area contributed by atoms with E-state index in [9.17, 15) is 15.0 Å².